The topological polar surface area (TPSA) is 129 Å². The Morgan fingerprint density at radius 2 is 0.540 bits per heavy atom. The van der Waals surface area contributed by atoms with Gasteiger partial charge in [-0.1, -0.05) is 115 Å². The summed E-state index contributed by atoms with van der Waals surface area (Å²) in [6.07, 6.45) is 10.0. The van der Waals surface area contributed by atoms with Gasteiger partial charge in [0.25, 0.3) is 17.1 Å². The van der Waals surface area contributed by atoms with Gasteiger partial charge in [-0.2, -0.15) is 0 Å². The first-order chi connectivity index (χ1) is 30.0. The molecule has 4 aromatic carbocycles. The van der Waals surface area contributed by atoms with Crippen molar-refractivity contribution in [3.63, 3.8) is 0 Å². The summed E-state index contributed by atoms with van der Waals surface area (Å²) < 4.78 is 0. The molecule has 0 heterocycles. The van der Waals surface area contributed by atoms with Gasteiger partial charge in [-0.15, -0.1) is 0 Å². The third-order valence-corrected chi connectivity index (χ3v) is 16.8. The molecule has 6 atom stereocenters. The Labute approximate surface area is 371 Å². The maximum Gasteiger partial charge on any atom is 0.269 e. The van der Waals surface area contributed by atoms with Crippen molar-refractivity contribution in [2.75, 3.05) is 0 Å². The number of non-ortho nitro benzene ring substituents is 3. The molecule has 0 N–H and O–H groups in total. The van der Waals surface area contributed by atoms with Crippen molar-refractivity contribution in [2.24, 2.45) is 51.8 Å². The van der Waals surface area contributed by atoms with Crippen LogP contribution in [0.2, 0.25) is 0 Å². The van der Waals surface area contributed by atoms with Gasteiger partial charge in [0, 0.05) is 71.9 Å². The van der Waals surface area contributed by atoms with Crippen LogP contribution in [-0.4, -0.2) is 14.8 Å². The van der Waals surface area contributed by atoms with E-state index in [4.69, 9.17) is 0 Å². The number of hydrogen-bond acceptors (Lipinski definition) is 6. The van der Waals surface area contributed by atoms with Gasteiger partial charge in [-0.25, -0.2) is 0 Å². The normalized spacial score (nSPS) is 29.2. The van der Waals surface area contributed by atoms with Gasteiger partial charge in [0.2, 0.25) is 0 Å². The molecule has 0 amide bonds. The van der Waals surface area contributed by atoms with E-state index in [0.717, 1.165) is 74.5 Å². The molecule has 0 aliphatic heterocycles. The number of hydrogen-bond donors (Lipinski definition) is 0. The molecule has 0 bridgehead atoms. The van der Waals surface area contributed by atoms with Gasteiger partial charge in [-0.05, 0) is 124 Å². The predicted octanol–water partition coefficient (Wildman–Crippen LogP) is 13.4. The molecule has 63 heavy (non-hydrogen) atoms. The van der Waals surface area contributed by atoms with Crippen LogP contribution >= 0.6 is 0 Å². The van der Waals surface area contributed by atoms with E-state index < -0.39 is 0 Å². The van der Waals surface area contributed by atoms with E-state index in [0.29, 0.717) is 35.5 Å². The molecule has 0 spiro atoms. The van der Waals surface area contributed by atoms with Crippen LogP contribution in [0.3, 0.4) is 0 Å². The SMILES string of the molecule is CC1(C)[C](c2ccc([N+](=O)[O-])cc2)C2CCCC2[C]1c1cc([C]2C3CCCC3[C](c3ccc([N+](=O)[O-])cc3)C2(C)C)cc([C]2C3CCCC3[C](c3ccc([N+](=O)[O-])cc3)C2(C)C)c1. The second-order valence-corrected chi connectivity index (χ2v) is 21.0. The summed E-state index contributed by atoms with van der Waals surface area (Å²) >= 11 is 0. The zero-order valence-electron chi connectivity index (χ0n) is 37.3. The first-order valence-corrected chi connectivity index (χ1v) is 23.1. The molecule has 6 aliphatic rings. The van der Waals surface area contributed by atoms with Crippen molar-refractivity contribution in [1.29, 1.82) is 0 Å². The first kappa shape index (κ1) is 42.1. The Kier molecular flexibility index (Phi) is 10.1. The van der Waals surface area contributed by atoms with Gasteiger partial charge in [0.15, 0.2) is 0 Å². The van der Waals surface area contributed by atoms with Crippen molar-refractivity contribution in [3.8, 4) is 0 Å². The largest absolute Gasteiger partial charge is 0.269 e. The molecule has 9 nitrogen and oxygen atoms in total. The quantitative estimate of drug-likeness (QED) is 0.122. The highest BCUT2D eigenvalue weighted by molar-refractivity contribution is 5.63. The summed E-state index contributed by atoms with van der Waals surface area (Å²) in [6, 6.07) is 29.3. The fraction of sp³-hybridized carbons (Fsp3) is 0.444. The van der Waals surface area contributed by atoms with Crippen molar-refractivity contribution < 1.29 is 14.8 Å². The summed E-state index contributed by atoms with van der Waals surface area (Å²) in [7, 11) is 0. The smallest absolute Gasteiger partial charge is 0.258 e. The van der Waals surface area contributed by atoms with E-state index in [1.54, 1.807) is 36.4 Å². The zero-order chi connectivity index (χ0) is 44.3. The van der Waals surface area contributed by atoms with E-state index in [2.05, 4.69) is 59.7 Å². The van der Waals surface area contributed by atoms with Gasteiger partial charge in [0.05, 0.1) is 14.8 Å². The molecule has 6 radical (unpaired) electrons. The summed E-state index contributed by atoms with van der Waals surface area (Å²) in [6.45, 7) is 14.3. The van der Waals surface area contributed by atoms with Crippen LogP contribution in [-0.2, 0) is 0 Å². The highest BCUT2D eigenvalue weighted by Crippen LogP contribution is 2.71. The maximum atomic E-state index is 11.7. The minimum Gasteiger partial charge on any atom is -0.258 e. The average Bonchev–Trinajstić information content (AvgIpc) is 4.08. The molecule has 6 saturated carbocycles. The number of nitro benzene ring substituents is 3. The number of rotatable bonds is 9. The number of nitrogens with zero attached hydrogens (tertiary/aromatic N) is 3. The Hall–Kier alpha value is -4.92. The Morgan fingerprint density at radius 1 is 0.349 bits per heavy atom. The Bertz CT molecular complexity index is 2160. The van der Waals surface area contributed by atoms with E-state index in [1.165, 1.54) is 52.2 Å². The third kappa shape index (κ3) is 6.51. The van der Waals surface area contributed by atoms with Gasteiger partial charge in [0.1, 0.15) is 0 Å². The lowest BCUT2D eigenvalue weighted by Gasteiger charge is -2.39. The van der Waals surface area contributed by atoms with Crippen LogP contribution in [0.4, 0.5) is 17.1 Å². The van der Waals surface area contributed by atoms with Crippen LogP contribution in [0.5, 0.6) is 0 Å². The summed E-state index contributed by atoms with van der Waals surface area (Å²) in [5.41, 5.74) is 6.60. The van der Waals surface area contributed by atoms with Gasteiger partial charge < -0.3 is 0 Å². The summed E-state index contributed by atoms with van der Waals surface area (Å²) in [5, 5.41) is 35.1. The molecule has 4 aromatic rings. The summed E-state index contributed by atoms with van der Waals surface area (Å²) in [4.78, 5) is 34.2. The molecular formula is C54H57N3O6. The molecule has 6 unspecified atom stereocenters. The second-order valence-electron chi connectivity index (χ2n) is 21.0. The fourth-order valence-electron chi connectivity index (χ4n) is 15.0. The van der Waals surface area contributed by atoms with E-state index in [9.17, 15) is 30.3 Å². The maximum absolute atomic E-state index is 11.7. The van der Waals surface area contributed by atoms with Gasteiger partial charge >= 0.3 is 0 Å². The van der Waals surface area contributed by atoms with Crippen molar-refractivity contribution in [2.45, 2.75) is 99.3 Å². The summed E-state index contributed by atoms with van der Waals surface area (Å²) in [5.74, 6) is 10.7. The molecule has 10 rings (SSSR count). The van der Waals surface area contributed by atoms with Crippen LogP contribution in [0.25, 0.3) is 0 Å². The zero-order valence-corrected chi connectivity index (χ0v) is 37.3. The lowest BCUT2D eigenvalue weighted by atomic mass is 9.64. The van der Waals surface area contributed by atoms with Crippen molar-refractivity contribution >= 4 is 17.1 Å². The molecular weight excluding hydrogens is 787 g/mol. The third-order valence-electron chi connectivity index (χ3n) is 16.8. The van der Waals surface area contributed by atoms with Crippen LogP contribution < -0.4 is 0 Å². The molecule has 6 aliphatic carbocycles. The Balaban J connectivity index is 1.13. The fourth-order valence-corrected chi connectivity index (χ4v) is 15.0. The second kappa shape index (κ2) is 15.1. The molecule has 324 valence electrons. The lowest BCUT2D eigenvalue weighted by molar-refractivity contribution is -0.385. The number of benzene rings is 4. The van der Waals surface area contributed by atoms with Crippen LogP contribution in [0.15, 0.2) is 91.0 Å². The van der Waals surface area contributed by atoms with E-state index in [1.807, 2.05) is 36.4 Å². The van der Waals surface area contributed by atoms with Crippen LogP contribution in [0.1, 0.15) is 133 Å². The van der Waals surface area contributed by atoms with E-state index in [-0.39, 0.29) is 48.1 Å². The highest BCUT2D eigenvalue weighted by atomic mass is 16.6. The molecule has 0 saturated heterocycles. The monoisotopic (exact) mass is 843 g/mol. The molecule has 9 heteroatoms. The standard InChI is InChI=1S/C54H57N3O6/c1-52(2)46(31-16-22-37(23-17-31)55(58)59)40-10-7-13-43(40)49(52)34-28-35(50-44-14-8-11-41(44)47(53(50,3)4)32-18-24-38(25-19-32)56(60)61)30-36(29-34)51-45-15-9-12-42(45)48(54(51,5)6)33-20-26-39(27-21-33)57(62)63/h16-30,40-45H,7-15H2,1-6H3. The first-order valence-electron chi connectivity index (χ1n) is 23.1. The molecule has 0 aromatic heterocycles. The van der Waals surface area contributed by atoms with Gasteiger partial charge in [-0.3, -0.25) is 30.3 Å². The predicted molar refractivity (Wildman–Crippen MR) is 244 cm³/mol. The van der Waals surface area contributed by atoms with E-state index >= 15 is 0 Å². The minimum absolute atomic E-state index is 0.109. The Morgan fingerprint density at radius 3 is 0.730 bits per heavy atom. The van der Waals surface area contributed by atoms with Crippen molar-refractivity contribution in [1.82, 2.24) is 0 Å². The number of nitro groups is 3. The average molecular weight is 844 g/mol. The number of fused-ring (bicyclic) bond motifs is 3. The van der Waals surface area contributed by atoms with Crippen molar-refractivity contribution in [3.05, 3.63) is 190 Å². The van der Waals surface area contributed by atoms with Crippen LogP contribution in [0, 0.1) is 118 Å². The lowest BCUT2D eigenvalue weighted by Crippen LogP contribution is -2.30. The minimum atomic E-state index is -0.319. The molecule has 6 fully saturated rings. The highest BCUT2D eigenvalue weighted by Gasteiger charge is 2.62.